The van der Waals surface area contributed by atoms with E-state index in [0.29, 0.717) is 62.8 Å². The molecule has 4 aromatic carbocycles. The highest BCUT2D eigenvalue weighted by molar-refractivity contribution is 6.00. The van der Waals surface area contributed by atoms with Crippen LogP contribution in [0.2, 0.25) is 0 Å². The summed E-state index contributed by atoms with van der Waals surface area (Å²) in [7, 11) is 11.1. The molecule has 12 heteroatoms. The number of aromatic nitrogens is 4. The molecule has 2 N–H and O–H groups in total. The van der Waals surface area contributed by atoms with Gasteiger partial charge in [-0.1, -0.05) is 30.3 Å². The molecule has 9 rings (SSSR count). The van der Waals surface area contributed by atoms with Gasteiger partial charge in [0.1, 0.15) is 0 Å². The Morgan fingerprint density at radius 1 is 0.375 bits per heavy atom. The van der Waals surface area contributed by atoms with Gasteiger partial charge in [-0.2, -0.15) is 0 Å². The number of rotatable bonds is 11. The quantitative estimate of drug-likeness (QED) is 0.121. The van der Waals surface area contributed by atoms with Crippen molar-refractivity contribution in [1.82, 2.24) is 19.9 Å². The summed E-state index contributed by atoms with van der Waals surface area (Å²) in [6.45, 7) is 0. The van der Waals surface area contributed by atoms with Gasteiger partial charge >= 0.3 is 5.97 Å². The zero-order chi connectivity index (χ0) is 44.5. The monoisotopic (exact) mass is 852 g/mol. The highest BCUT2D eigenvalue weighted by Crippen LogP contribution is 2.42. The number of methoxy groups -OCH3 is 7. The molecule has 0 aliphatic carbocycles. The van der Waals surface area contributed by atoms with E-state index in [2.05, 4.69) is 16.0 Å². The molecule has 0 spiro atoms. The van der Waals surface area contributed by atoms with E-state index in [1.54, 1.807) is 54.8 Å². The van der Waals surface area contributed by atoms with Crippen LogP contribution in [-0.4, -0.2) is 75.7 Å². The van der Waals surface area contributed by atoms with Crippen LogP contribution in [0.1, 0.15) is 33.1 Å². The van der Waals surface area contributed by atoms with Crippen molar-refractivity contribution in [1.29, 1.82) is 0 Å². The zero-order valence-electron chi connectivity index (χ0n) is 36.3. The highest BCUT2D eigenvalue weighted by Gasteiger charge is 2.21. The van der Waals surface area contributed by atoms with Crippen LogP contribution in [0.25, 0.3) is 90.9 Å². The normalized spacial score (nSPS) is 11.6. The van der Waals surface area contributed by atoms with E-state index < -0.39 is 5.97 Å². The Kier molecular flexibility index (Phi) is 11.1. The average Bonchev–Trinajstić information content (AvgIpc) is 4.20. The number of esters is 1. The van der Waals surface area contributed by atoms with Crippen molar-refractivity contribution in [3.8, 4) is 79.0 Å². The molecule has 5 heterocycles. The van der Waals surface area contributed by atoms with E-state index in [1.165, 1.54) is 7.11 Å². The van der Waals surface area contributed by atoms with Gasteiger partial charge in [0.05, 0.1) is 78.1 Å². The Bertz CT molecular complexity index is 3140. The molecule has 12 nitrogen and oxygen atoms in total. The number of hydrogen-bond acceptors (Lipinski definition) is 10. The van der Waals surface area contributed by atoms with E-state index in [1.807, 2.05) is 109 Å². The van der Waals surface area contributed by atoms with Crippen LogP contribution in [0, 0.1) is 0 Å². The maximum atomic E-state index is 12.5. The number of benzene rings is 4. The van der Waals surface area contributed by atoms with Gasteiger partial charge in [-0.05, 0) is 119 Å². The van der Waals surface area contributed by atoms with Gasteiger partial charge in [-0.25, -0.2) is 14.8 Å². The molecule has 7 aromatic rings. The predicted octanol–water partition coefficient (Wildman–Crippen LogP) is 11.2. The van der Waals surface area contributed by atoms with Crippen LogP contribution in [0.4, 0.5) is 0 Å². The van der Waals surface area contributed by atoms with Crippen LogP contribution < -0.4 is 28.4 Å². The Hall–Kier alpha value is -8.25. The molecule has 2 aliphatic rings. The van der Waals surface area contributed by atoms with Crippen molar-refractivity contribution in [2.24, 2.45) is 0 Å². The van der Waals surface area contributed by atoms with Crippen LogP contribution >= 0.6 is 0 Å². The molecular formula is C52H44N4O8. The summed E-state index contributed by atoms with van der Waals surface area (Å²) in [5, 5.41) is 0. The first-order valence-corrected chi connectivity index (χ1v) is 20.3. The fraction of sp³-hybridized carbons (Fsp3) is 0.135. The second-order valence-electron chi connectivity index (χ2n) is 14.8. The molecule has 320 valence electrons. The lowest BCUT2D eigenvalue weighted by molar-refractivity contribution is 0.0600. The maximum absolute atomic E-state index is 12.5. The number of ether oxygens (including phenoxy) is 7. The molecule has 8 bridgehead atoms. The molecule has 0 saturated carbocycles. The number of nitrogens with one attached hydrogen (secondary N) is 2. The fourth-order valence-corrected chi connectivity index (χ4v) is 8.29. The second-order valence-corrected chi connectivity index (χ2v) is 14.8. The van der Waals surface area contributed by atoms with Gasteiger partial charge in [0.25, 0.3) is 0 Å². The van der Waals surface area contributed by atoms with Crippen LogP contribution in [-0.2, 0) is 4.74 Å². The number of fused-ring (bicyclic) bond motifs is 8. The standard InChI is InChI=1S/C52H44N4O8/c1-58-42-23-12-31(26-45(42)61-4)49-36-17-15-34(53-36)48(29-8-10-30(11-9-29)52(57)64-7)35-16-18-37(54-35)50(32-13-24-43(59-2)46(27-32)62-5)39-20-22-41(56-39)51(40-21-19-38(49)55-40)33-14-25-44(60-3)47(28-33)63-6/h8-28,53,56H,1-7H3. The van der Waals surface area contributed by atoms with Gasteiger partial charge in [-0.3, -0.25) is 0 Å². The number of nitrogens with zero attached hydrogens (tertiary/aromatic N) is 2. The Balaban J connectivity index is 1.45. The molecular weight excluding hydrogens is 809 g/mol. The molecule has 64 heavy (non-hydrogen) atoms. The summed E-state index contributed by atoms with van der Waals surface area (Å²) >= 11 is 0. The minimum Gasteiger partial charge on any atom is -0.493 e. The summed E-state index contributed by atoms with van der Waals surface area (Å²) in [5.74, 6) is 3.10. The van der Waals surface area contributed by atoms with E-state index in [0.717, 1.165) is 66.6 Å². The first kappa shape index (κ1) is 41.1. The average molecular weight is 853 g/mol. The molecule has 0 fully saturated rings. The summed E-state index contributed by atoms with van der Waals surface area (Å²) in [6.07, 6.45) is 8.06. The summed E-state index contributed by atoms with van der Waals surface area (Å²) in [5.41, 5.74) is 13.1. The van der Waals surface area contributed by atoms with Gasteiger partial charge in [0.15, 0.2) is 34.5 Å². The Morgan fingerprint density at radius 2 is 0.672 bits per heavy atom. The minimum absolute atomic E-state index is 0.424. The van der Waals surface area contributed by atoms with E-state index >= 15 is 0 Å². The van der Waals surface area contributed by atoms with Crippen molar-refractivity contribution >= 4 is 52.3 Å². The lowest BCUT2D eigenvalue weighted by atomic mass is 10.0. The number of carbonyl (C=O) groups excluding carboxylic acids is 1. The minimum atomic E-state index is -0.424. The first-order valence-electron chi connectivity index (χ1n) is 20.3. The van der Waals surface area contributed by atoms with Gasteiger partial charge in [0, 0.05) is 44.3 Å². The second kappa shape index (κ2) is 17.3. The van der Waals surface area contributed by atoms with Gasteiger partial charge in [-0.15, -0.1) is 0 Å². The smallest absolute Gasteiger partial charge is 0.337 e. The lowest BCUT2D eigenvalue weighted by Gasteiger charge is -2.12. The predicted molar refractivity (Wildman–Crippen MR) is 251 cm³/mol. The third kappa shape index (κ3) is 7.34. The third-order valence-corrected chi connectivity index (χ3v) is 11.4. The van der Waals surface area contributed by atoms with E-state index in [-0.39, 0.29) is 0 Å². The van der Waals surface area contributed by atoms with Gasteiger partial charge < -0.3 is 43.1 Å². The molecule has 0 unspecified atom stereocenters. The first-order chi connectivity index (χ1) is 31.3. The SMILES string of the molecule is COC(=O)c1ccc(-c2c3nc(c(-c4ccc(OC)c(OC)c4)c4ccc([nH]4)c(-c4ccc(OC)c(OC)c4)c4nc(c(-c5ccc(OC)c(OC)c5)c5ccc2[nH]5)C=C4)C=C3)cc1. The summed E-state index contributed by atoms with van der Waals surface area (Å²) < 4.78 is 39.3. The molecule has 3 aromatic heterocycles. The number of hydrogen-bond donors (Lipinski definition) is 2. The maximum Gasteiger partial charge on any atom is 0.337 e. The Morgan fingerprint density at radius 3 is 0.969 bits per heavy atom. The van der Waals surface area contributed by atoms with Crippen LogP contribution in [0.3, 0.4) is 0 Å². The molecule has 2 aliphatic heterocycles. The summed E-state index contributed by atoms with van der Waals surface area (Å²) in [6, 6.07) is 33.0. The van der Waals surface area contributed by atoms with Crippen molar-refractivity contribution < 1.29 is 38.0 Å². The van der Waals surface area contributed by atoms with Crippen molar-refractivity contribution in [3.63, 3.8) is 0 Å². The van der Waals surface area contributed by atoms with Crippen LogP contribution in [0.15, 0.2) is 103 Å². The molecule has 0 radical (unpaired) electrons. The number of aromatic amines is 2. The third-order valence-electron chi connectivity index (χ3n) is 11.4. The van der Waals surface area contributed by atoms with E-state index in [4.69, 9.17) is 43.1 Å². The largest absolute Gasteiger partial charge is 0.493 e. The van der Waals surface area contributed by atoms with Gasteiger partial charge in [0.2, 0.25) is 0 Å². The molecule has 0 saturated heterocycles. The van der Waals surface area contributed by atoms with Crippen molar-refractivity contribution in [2.75, 3.05) is 49.8 Å². The fourth-order valence-electron chi connectivity index (χ4n) is 8.29. The number of carbonyl (C=O) groups is 1. The van der Waals surface area contributed by atoms with Crippen molar-refractivity contribution in [2.45, 2.75) is 0 Å². The number of H-pyrrole nitrogens is 2. The lowest BCUT2D eigenvalue weighted by Crippen LogP contribution is -2.00. The van der Waals surface area contributed by atoms with E-state index in [9.17, 15) is 4.79 Å². The Labute approximate surface area is 369 Å². The summed E-state index contributed by atoms with van der Waals surface area (Å²) in [4.78, 5) is 30.8. The van der Waals surface area contributed by atoms with Crippen LogP contribution in [0.5, 0.6) is 34.5 Å². The molecule has 0 amide bonds. The zero-order valence-corrected chi connectivity index (χ0v) is 36.3. The van der Waals surface area contributed by atoms with Crippen molar-refractivity contribution in [3.05, 3.63) is 131 Å². The topological polar surface area (TPSA) is 139 Å². The molecule has 0 atom stereocenters. The highest BCUT2D eigenvalue weighted by atomic mass is 16.5.